The third-order valence-corrected chi connectivity index (χ3v) is 1.86. The Morgan fingerprint density at radius 1 is 0.571 bits per heavy atom. The topological polar surface area (TPSA) is 142 Å². The number of hydrogen-bond acceptors (Lipinski definition) is 7. The van der Waals surface area contributed by atoms with Crippen LogP contribution in [0.5, 0.6) is 0 Å². The normalized spacial score (nSPS) is 22.5. The fourth-order valence-corrected chi connectivity index (χ4v) is 0.873. The second kappa shape index (κ2) is 6.25. The summed E-state index contributed by atoms with van der Waals surface area (Å²) in [7, 11) is 0. The Kier molecular flexibility index (Phi) is 6.12. The van der Waals surface area contributed by atoms with Crippen molar-refractivity contribution in [3.63, 3.8) is 0 Å². The summed E-state index contributed by atoms with van der Waals surface area (Å²) in [6.07, 6.45) is -8.68. The van der Waals surface area contributed by atoms with E-state index in [1.807, 2.05) is 0 Å². The SMILES string of the molecule is OC[C@@H](O)[C@H](O)[C@@H](O)[C@H](O)[C@@H](O)CO. The van der Waals surface area contributed by atoms with Crippen LogP contribution in [0, 0.1) is 0 Å². The van der Waals surface area contributed by atoms with E-state index in [1.165, 1.54) is 0 Å². The van der Waals surface area contributed by atoms with Crippen molar-refractivity contribution in [1.82, 2.24) is 0 Å². The summed E-state index contributed by atoms with van der Waals surface area (Å²) in [6.45, 7) is -1.58. The molecule has 0 bridgehead atoms. The molecule has 0 aliphatic rings. The highest BCUT2D eigenvalue weighted by atomic mass is 16.4. The third kappa shape index (κ3) is 3.46. The molecule has 0 aliphatic heterocycles. The molecule has 0 aromatic rings. The van der Waals surface area contributed by atoms with E-state index in [9.17, 15) is 0 Å². The minimum absolute atomic E-state index is 0.792. The molecule has 0 heterocycles. The van der Waals surface area contributed by atoms with Gasteiger partial charge in [-0.1, -0.05) is 0 Å². The molecule has 7 N–H and O–H groups in total. The smallest absolute Gasteiger partial charge is 0.111 e. The molecule has 0 spiro atoms. The summed E-state index contributed by atoms with van der Waals surface area (Å²) in [5.41, 5.74) is 0. The summed E-state index contributed by atoms with van der Waals surface area (Å²) < 4.78 is 0. The molecule has 0 rings (SSSR count). The van der Waals surface area contributed by atoms with Gasteiger partial charge in [0.15, 0.2) is 0 Å². The predicted octanol–water partition coefficient (Wildman–Crippen LogP) is -4.22. The quantitative estimate of drug-likeness (QED) is 0.236. The van der Waals surface area contributed by atoms with Gasteiger partial charge in [-0.2, -0.15) is 0 Å². The van der Waals surface area contributed by atoms with E-state index in [0.717, 1.165) is 0 Å². The monoisotopic (exact) mass is 212 g/mol. The van der Waals surface area contributed by atoms with Gasteiger partial charge in [0.05, 0.1) is 13.2 Å². The first-order valence-electron chi connectivity index (χ1n) is 4.07. The van der Waals surface area contributed by atoms with Gasteiger partial charge < -0.3 is 35.7 Å². The maximum Gasteiger partial charge on any atom is 0.111 e. The fraction of sp³-hybridized carbons (Fsp3) is 1.00. The Hall–Kier alpha value is -0.280. The molecule has 7 nitrogen and oxygen atoms in total. The van der Waals surface area contributed by atoms with Crippen molar-refractivity contribution in [2.45, 2.75) is 30.5 Å². The highest BCUT2D eigenvalue weighted by Crippen LogP contribution is 2.07. The van der Waals surface area contributed by atoms with Gasteiger partial charge in [0.1, 0.15) is 30.5 Å². The molecule has 0 aliphatic carbocycles. The summed E-state index contributed by atoms with van der Waals surface area (Å²) in [6, 6.07) is 0. The molecule has 0 aromatic carbocycles. The van der Waals surface area contributed by atoms with Crippen molar-refractivity contribution in [3.05, 3.63) is 0 Å². The van der Waals surface area contributed by atoms with Crippen molar-refractivity contribution >= 4 is 0 Å². The number of hydrogen-bond donors (Lipinski definition) is 7. The minimum atomic E-state index is -1.85. The van der Waals surface area contributed by atoms with E-state index in [1.54, 1.807) is 0 Å². The lowest BCUT2D eigenvalue weighted by Gasteiger charge is -2.27. The van der Waals surface area contributed by atoms with Crippen LogP contribution in [0.15, 0.2) is 0 Å². The maximum atomic E-state index is 9.15. The first kappa shape index (κ1) is 13.7. The Labute approximate surface area is 80.5 Å². The van der Waals surface area contributed by atoms with Crippen molar-refractivity contribution in [2.75, 3.05) is 13.2 Å². The zero-order valence-electron chi connectivity index (χ0n) is 7.43. The molecular formula is C7H16O7. The van der Waals surface area contributed by atoms with Gasteiger partial charge in [0.25, 0.3) is 0 Å². The van der Waals surface area contributed by atoms with Crippen LogP contribution in [0.2, 0.25) is 0 Å². The second-order valence-corrected chi connectivity index (χ2v) is 2.97. The van der Waals surface area contributed by atoms with Crippen LogP contribution < -0.4 is 0 Å². The summed E-state index contributed by atoms with van der Waals surface area (Å²) in [5.74, 6) is 0. The van der Waals surface area contributed by atoms with Gasteiger partial charge >= 0.3 is 0 Å². The lowest BCUT2D eigenvalue weighted by molar-refractivity contribution is -0.145. The second-order valence-electron chi connectivity index (χ2n) is 2.97. The highest BCUT2D eigenvalue weighted by Gasteiger charge is 2.33. The molecule has 14 heavy (non-hydrogen) atoms. The molecule has 0 saturated heterocycles. The van der Waals surface area contributed by atoms with Crippen LogP contribution >= 0.6 is 0 Å². The van der Waals surface area contributed by atoms with E-state index >= 15 is 0 Å². The molecule has 0 unspecified atom stereocenters. The van der Waals surface area contributed by atoms with Crippen molar-refractivity contribution in [2.24, 2.45) is 0 Å². The van der Waals surface area contributed by atoms with Crippen molar-refractivity contribution in [1.29, 1.82) is 0 Å². The van der Waals surface area contributed by atoms with Gasteiger partial charge in [0, 0.05) is 0 Å². The number of aliphatic hydroxyl groups excluding tert-OH is 7. The highest BCUT2D eigenvalue weighted by molar-refractivity contribution is 4.84. The first-order valence-corrected chi connectivity index (χ1v) is 4.07. The summed E-state index contributed by atoms with van der Waals surface area (Å²) in [5, 5.41) is 61.9. The Bertz CT molecular complexity index is 137. The van der Waals surface area contributed by atoms with Crippen LogP contribution in [0.1, 0.15) is 0 Å². The number of aliphatic hydroxyl groups is 7. The third-order valence-electron chi connectivity index (χ3n) is 1.86. The standard InChI is InChI=1S/C7H16O7/c8-1-3(10)5(12)7(14)6(13)4(11)2-9/h3-14H,1-2H2/t3-,4+,5+,6-,7-. The van der Waals surface area contributed by atoms with Gasteiger partial charge in [-0.05, 0) is 0 Å². The van der Waals surface area contributed by atoms with E-state index in [4.69, 9.17) is 35.7 Å². The lowest BCUT2D eigenvalue weighted by Crippen LogP contribution is -2.50. The molecule has 86 valence electrons. The zero-order valence-corrected chi connectivity index (χ0v) is 7.43. The van der Waals surface area contributed by atoms with Crippen LogP contribution in [-0.2, 0) is 0 Å². The average Bonchev–Trinajstić information content (AvgIpc) is 2.23. The van der Waals surface area contributed by atoms with Gasteiger partial charge in [0.2, 0.25) is 0 Å². The van der Waals surface area contributed by atoms with Gasteiger partial charge in [-0.15, -0.1) is 0 Å². The van der Waals surface area contributed by atoms with Crippen molar-refractivity contribution in [3.8, 4) is 0 Å². The van der Waals surface area contributed by atoms with E-state index < -0.39 is 43.7 Å². The van der Waals surface area contributed by atoms with Crippen LogP contribution in [-0.4, -0.2) is 79.5 Å². The van der Waals surface area contributed by atoms with E-state index in [2.05, 4.69) is 0 Å². The van der Waals surface area contributed by atoms with Crippen LogP contribution in [0.3, 0.4) is 0 Å². The molecule has 0 saturated carbocycles. The van der Waals surface area contributed by atoms with Gasteiger partial charge in [-0.3, -0.25) is 0 Å². The molecule has 0 radical (unpaired) electrons. The molecule has 5 atom stereocenters. The summed E-state index contributed by atoms with van der Waals surface area (Å²) >= 11 is 0. The Morgan fingerprint density at radius 3 is 1.07 bits per heavy atom. The van der Waals surface area contributed by atoms with Crippen LogP contribution in [0.25, 0.3) is 0 Å². The average molecular weight is 212 g/mol. The zero-order chi connectivity index (χ0) is 11.3. The van der Waals surface area contributed by atoms with E-state index in [0.29, 0.717) is 0 Å². The Morgan fingerprint density at radius 2 is 0.857 bits per heavy atom. The van der Waals surface area contributed by atoms with Crippen molar-refractivity contribution < 1.29 is 35.7 Å². The largest absolute Gasteiger partial charge is 0.394 e. The Balaban J connectivity index is 4.22. The molecule has 0 amide bonds. The molecule has 0 fully saturated rings. The molecule has 0 aromatic heterocycles. The predicted molar refractivity (Wildman–Crippen MR) is 44.2 cm³/mol. The summed E-state index contributed by atoms with van der Waals surface area (Å²) in [4.78, 5) is 0. The van der Waals surface area contributed by atoms with Gasteiger partial charge in [-0.25, -0.2) is 0 Å². The minimum Gasteiger partial charge on any atom is -0.394 e. The lowest BCUT2D eigenvalue weighted by atomic mass is 10.00. The van der Waals surface area contributed by atoms with E-state index in [-0.39, 0.29) is 0 Å². The number of rotatable bonds is 6. The molecular weight excluding hydrogens is 196 g/mol. The fourth-order valence-electron chi connectivity index (χ4n) is 0.873. The first-order chi connectivity index (χ1) is 6.45. The van der Waals surface area contributed by atoms with Crippen LogP contribution in [0.4, 0.5) is 0 Å². The molecule has 7 heteroatoms. The maximum absolute atomic E-state index is 9.15.